The molecule has 0 fully saturated rings. The molecule has 1 N–H and O–H groups in total. The first-order chi connectivity index (χ1) is 7.63. The van der Waals surface area contributed by atoms with Gasteiger partial charge < -0.3 is 15.0 Å². The second kappa shape index (κ2) is 6.76. The van der Waals surface area contributed by atoms with Crippen LogP contribution in [-0.4, -0.2) is 39.2 Å². The molecule has 1 aromatic rings. The molecule has 0 radical (unpaired) electrons. The maximum atomic E-state index is 5.19. The number of halogens is 1. The fraction of sp³-hybridized carbons (Fsp3) is 0.500. The summed E-state index contributed by atoms with van der Waals surface area (Å²) in [6, 6.07) is 5.93. The summed E-state index contributed by atoms with van der Waals surface area (Å²) in [6.07, 6.45) is 1.12. The average Bonchev–Trinajstić information content (AvgIpc) is 2.26. The van der Waals surface area contributed by atoms with Gasteiger partial charge in [-0.15, -0.1) is 0 Å². The highest BCUT2D eigenvalue weighted by molar-refractivity contribution is 9.10. The molecule has 0 atom stereocenters. The highest BCUT2D eigenvalue weighted by Gasteiger charge is 2.01. The van der Waals surface area contributed by atoms with Crippen molar-refractivity contribution in [1.29, 1.82) is 0 Å². The zero-order valence-corrected chi connectivity index (χ0v) is 11.7. The summed E-state index contributed by atoms with van der Waals surface area (Å²) in [7, 11) is 5.85. The van der Waals surface area contributed by atoms with Crippen LogP contribution < -0.4 is 10.1 Å². The number of hydrogen-bond acceptors (Lipinski definition) is 3. The van der Waals surface area contributed by atoms with Crippen LogP contribution in [0.1, 0.15) is 6.42 Å². The Morgan fingerprint density at radius 3 is 2.75 bits per heavy atom. The van der Waals surface area contributed by atoms with E-state index in [2.05, 4.69) is 40.2 Å². The molecule has 0 aliphatic heterocycles. The lowest BCUT2D eigenvalue weighted by atomic mass is 10.3. The first kappa shape index (κ1) is 13.3. The Kier molecular flexibility index (Phi) is 5.63. The number of benzene rings is 1. The van der Waals surface area contributed by atoms with Crippen molar-refractivity contribution in [2.45, 2.75) is 6.42 Å². The molecule has 0 saturated heterocycles. The van der Waals surface area contributed by atoms with E-state index in [1.807, 2.05) is 18.2 Å². The van der Waals surface area contributed by atoms with Gasteiger partial charge in [-0.1, -0.05) is 0 Å². The summed E-state index contributed by atoms with van der Waals surface area (Å²) in [5, 5.41) is 3.39. The Hall–Kier alpha value is -0.740. The summed E-state index contributed by atoms with van der Waals surface area (Å²) in [6.45, 7) is 2.05. The van der Waals surface area contributed by atoms with Crippen molar-refractivity contribution in [3.63, 3.8) is 0 Å². The van der Waals surface area contributed by atoms with Crippen molar-refractivity contribution in [2.75, 3.05) is 39.6 Å². The molecule has 16 heavy (non-hydrogen) atoms. The van der Waals surface area contributed by atoms with Crippen LogP contribution in [0.3, 0.4) is 0 Å². The number of ether oxygens (including phenoxy) is 1. The van der Waals surface area contributed by atoms with Crippen molar-refractivity contribution < 1.29 is 4.74 Å². The van der Waals surface area contributed by atoms with Crippen molar-refractivity contribution in [2.24, 2.45) is 0 Å². The van der Waals surface area contributed by atoms with Gasteiger partial charge in [0.1, 0.15) is 5.75 Å². The monoisotopic (exact) mass is 286 g/mol. The van der Waals surface area contributed by atoms with E-state index in [-0.39, 0.29) is 0 Å². The second-order valence-electron chi connectivity index (χ2n) is 3.93. The average molecular weight is 287 g/mol. The van der Waals surface area contributed by atoms with Crippen molar-refractivity contribution >= 4 is 21.6 Å². The van der Waals surface area contributed by atoms with Crippen molar-refractivity contribution in [3.05, 3.63) is 22.7 Å². The standard InChI is InChI=1S/C12H19BrN2O/c1-15(2)8-4-7-14-12-9-10(16-3)5-6-11(12)13/h5-6,9,14H,4,7-8H2,1-3H3. The van der Waals surface area contributed by atoms with Gasteiger partial charge in [0.2, 0.25) is 0 Å². The predicted octanol–water partition coefficient (Wildman–Crippen LogP) is 2.82. The minimum absolute atomic E-state index is 0.873. The van der Waals surface area contributed by atoms with Crippen LogP contribution in [0.5, 0.6) is 5.75 Å². The molecule has 0 unspecified atom stereocenters. The molecule has 0 bridgehead atoms. The molecule has 0 heterocycles. The van der Waals surface area contributed by atoms with E-state index in [9.17, 15) is 0 Å². The fourth-order valence-corrected chi connectivity index (χ4v) is 1.77. The van der Waals surface area contributed by atoms with Crippen molar-refractivity contribution in [3.8, 4) is 5.75 Å². The third kappa shape index (κ3) is 4.41. The largest absolute Gasteiger partial charge is 0.497 e. The number of nitrogens with one attached hydrogen (secondary N) is 1. The summed E-state index contributed by atoms with van der Waals surface area (Å²) in [5.41, 5.74) is 1.08. The highest BCUT2D eigenvalue weighted by Crippen LogP contribution is 2.26. The molecule has 4 heteroatoms. The zero-order valence-electron chi connectivity index (χ0n) is 10.1. The molecular formula is C12H19BrN2O. The van der Waals surface area contributed by atoms with Gasteiger partial charge in [-0.2, -0.15) is 0 Å². The van der Waals surface area contributed by atoms with Gasteiger partial charge in [-0.05, 0) is 55.1 Å². The van der Waals surface area contributed by atoms with E-state index in [0.717, 1.165) is 35.4 Å². The topological polar surface area (TPSA) is 24.5 Å². The molecule has 0 saturated carbocycles. The number of methoxy groups -OCH3 is 1. The minimum Gasteiger partial charge on any atom is -0.497 e. The quantitative estimate of drug-likeness (QED) is 0.814. The maximum Gasteiger partial charge on any atom is 0.121 e. The Balaban J connectivity index is 2.46. The highest BCUT2D eigenvalue weighted by atomic mass is 79.9. The first-order valence-electron chi connectivity index (χ1n) is 5.35. The SMILES string of the molecule is COc1ccc(Br)c(NCCCN(C)C)c1. The molecular weight excluding hydrogens is 268 g/mol. The van der Waals surface area contributed by atoms with Gasteiger partial charge in [0, 0.05) is 17.1 Å². The fourth-order valence-electron chi connectivity index (χ4n) is 1.39. The van der Waals surface area contributed by atoms with Gasteiger partial charge in [0.15, 0.2) is 0 Å². The Morgan fingerprint density at radius 1 is 1.38 bits per heavy atom. The Morgan fingerprint density at radius 2 is 2.12 bits per heavy atom. The summed E-state index contributed by atoms with van der Waals surface area (Å²) < 4.78 is 6.25. The van der Waals surface area contributed by atoms with Crippen LogP contribution in [0.2, 0.25) is 0 Å². The van der Waals surface area contributed by atoms with Crippen LogP contribution in [0.15, 0.2) is 22.7 Å². The number of nitrogens with zero attached hydrogens (tertiary/aromatic N) is 1. The number of anilines is 1. The van der Waals surface area contributed by atoms with Gasteiger partial charge >= 0.3 is 0 Å². The van der Waals surface area contributed by atoms with E-state index in [4.69, 9.17) is 4.74 Å². The van der Waals surface area contributed by atoms with E-state index >= 15 is 0 Å². The predicted molar refractivity (Wildman–Crippen MR) is 72.4 cm³/mol. The van der Waals surface area contributed by atoms with E-state index in [1.54, 1.807) is 7.11 Å². The zero-order chi connectivity index (χ0) is 12.0. The molecule has 0 aliphatic carbocycles. The van der Waals surface area contributed by atoms with Gasteiger partial charge in [-0.25, -0.2) is 0 Å². The maximum absolute atomic E-state index is 5.19. The Bertz CT molecular complexity index is 329. The molecule has 0 amide bonds. The Labute approximate surface area is 106 Å². The van der Waals surface area contributed by atoms with E-state index in [0.29, 0.717) is 0 Å². The lowest BCUT2D eigenvalue weighted by molar-refractivity contribution is 0.405. The van der Waals surface area contributed by atoms with E-state index < -0.39 is 0 Å². The van der Waals surface area contributed by atoms with Crippen LogP contribution >= 0.6 is 15.9 Å². The lowest BCUT2D eigenvalue weighted by Crippen LogP contribution is -2.16. The van der Waals surface area contributed by atoms with Gasteiger partial charge in [0.25, 0.3) is 0 Å². The lowest BCUT2D eigenvalue weighted by Gasteiger charge is -2.12. The summed E-state index contributed by atoms with van der Waals surface area (Å²) in [5.74, 6) is 0.873. The molecule has 0 spiro atoms. The van der Waals surface area contributed by atoms with Crippen LogP contribution in [-0.2, 0) is 0 Å². The molecule has 90 valence electrons. The van der Waals surface area contributed by atoms with Crippen LogP contribution in [0.4, 0.5) is 5.69 Å². The van der Waals surface area contributed by atoms with Gasteiger partial charge in [-0.3, -0.25) is 0 Å². The van der Waals surface area contributed by atoms with Crippen molar-refractivity contribution in [1.82, 2.24) is 4.90 Å². The molecule has 3 nitrogen and oxygen atoms in total. The first-order valence-corrected chi connectivity index (χ1v) is 6.15. The molecule has 0 aliphatic rings. The van der Waals surface area contributed by atoms with Gasteiger partial charge in [0.05, 0.1) is 12.8 Å². The third-order valence-corrected chi connectivity index (χ3v) is 2.96. The minimum atomic E-state index is 0.873. The van der Waals surface area contributed by atoms with Crippen LogP contribution in [0, 0.1) is 0 Å². The summed E-state index contributed by atoms with van der Waals surface area (Å²) >= 11 is 3.51. The molecule has 1 rings (SSSR count). The second-order valence-corrected chi connectivity index (χ2v) is 4.78. The number of rotatable bonds is 6. The molecule has 1 aromatic carbocycles. The smallest absolute Gasteiger partial charge is 0.121 e. The summed E-state index contributed by atoms with van der Waals surface area (Å²) in [4.78, 5) is 2.18. The van der Waals surface area contributed by atoms with Crippen LogP contribution in [0.25, 0.3) is 0 Å². The van der Waals surface area contributed by atoms with E-state index in [1.165, 1.54) is 0 Å². The normalized spacial score (nSPS) is 10.6. The number of hydrogen-bond donors (Lipinski definition) is 1. The molecule has 0 aromatic heterocycles. The third-order valence-electron chi connectivity index (χ3n) is 2.27.